The molecule has 2 heterocycles. The zero-order valence-electron chi connectivity index (χ0n) is 16.7. The highest BCUT2D eigenvalue weighted by molar-refractivity contribution is 5.91. The average molecular weight is 392 g/mol. The molecule has 0 aliphatic carbocycles. The third-order valence-electron chi connectivity index (χ3n) is 4.89. The monoisotopic (exact) mass is 392 g/mol. The number of nitrogens with zero attached hydrogens (tertiary/aromatic N) is 3. The maximum Gasteiger partial charge on any atom is 0.267 e. The number of primary amides is 1. The molecule has 29 heavy (non-hydrogen) atoms. The van der Waals surface area contributed by atoms with E-state index in [9.17, 15) is 9.90 Å². The van der Waals surface area contributed by atoms with Crippen LogP contribution in [0.4, 0.5) is 0 Å². The van der Waals surface area contributed by atoms with Crippen LogP contribution < -0.4 is 5.73 Å². The zero-order chi connectivity index (χ0) is 21.1. The third-order valence-corrected chi connectivity index (χ3v) is 4.89. The Morgan fingerprint density at radius 3 is 2.72 bits per heavy atom. The summed E-state index contributed by atoms with van der Waals surface area (Å²) in [4.78, 5) is 17.6. The average Bonchev–Trinajstić information content (AvgIpc) is 3.22. The molecule has 0 radical (unpaired) electrons. The second-order valence-corrected chi connectivity index (χ2v) is 6.82. The molecule has 0 aliphatic heterocycles. The van der Waals surface area contributed by atoms with E-state index in [0.717, 1.165) is 23.2 Å². The molecular formula is C22H24N4O3. The van der Waals surface area contributed by atoms with E-state index in [1.807, 2.05) is 50.1 Å². The minimum Gasteiger partial charge on any atom is -0.379 e. The fourth-order valence-corrected chi connectivity index (χ4v) is 2.91. The van der Waals surface area contributed by atoms with Gasteiger partial charge in [-0.15, -0.1) is 0 Å². The van der Waals surface area contributed by atoms with Crippen LogP contribution in [0.3, 0.4) is 0 Å². The number of carbonyl (C=O) groups excluding carboxylic acids is 1. The molecule has 0 fully saturated rings. The summed E-state index contributed by atoms with van der Waals surface area (Å²) in [6, 6.07) is 12.6. The number of aromatic nitrogens is 2. The Balaban J connectivity index is 1.96. The highest BCUT2D eigenvalue weighted by Crippen LogP contribution is 2.31. The Bertz CT molecular complexity index is 1060. The molecule has 1 amide bonds. The van der Waals surface area contributed by atoms with Crippen LogP contribution in [0.5, 0.6) is 0 Å². The fraction of sp³-hybridized carbons (Fsp3) is 0.227. The van der Waals surface area contributed by atoms with Crippen molar-refractivity contribution < 1.29 is 14.4 Å². The van der Waals surface area contributed by atoms with Gasteiger partial charge in [-0.05, 0) is 37.6 Å². The van der Waals surface area contributed by atoms with Crippen LogP contribution in [0.25, 0.3) is 22.5 Å². The molecule has 7 heteroatoms. The van der Waals surface area contributed by atoms with Gasteiger partial charge in [-0.25, -0.2) is 4.98 Å². The summed E-state index contributed by atoms with van der Waals surface area (Å²) in [7, 11) is 1.85. The number of nitrogens with two attached hydrogens (primary N) is 1. The first kappa shape index (κ1) is 20.3. The SMILES string of the molecule is C=C([C@H](O)c1cc(-c2cc(-c3cccc(C(N)=O)n3)ccc2C)no1)N(C)CC. The van der Waals surface area contributed by atoms with Crippen molar-refractivity contribution in [2.75, 3.05) is 13.6 Å². The predicted molar refractivity (Wildman–Crippen MR) is 111 cm³/mol. The lowest BCUT2D eigenvalue weighted by molar-refractivity contribution is 0.0995. The highest BCUT2D eigenvalue weighted by atomic mass is 16.5. The second-order valence-electron chi connectivity index (χ2n) is 6.82. The lowest BCUT2D eigenvalue weighted by Gasteiger charge is -2.22. The van der Waals surface area contributed by atoms with Gasteiger partial charge in [0.15, 0.2) is 11.9 Å². The molecule has 0 aliphatic rings. The van der Waals surface area contributed by atoms with Gasteiger partial charge in [-0.2, -0.15) is 0 Å². The Hall–Kier alpha value is -3.45. The molecule has 1 atom stereocenters. The van der Waals surface area contributed by atoms with E-state index in [2.05, 4.69) is 16.7 Å². The number of aryl methyl sites for hydroxylation is 1. The van der Waals surface area contributed by atoms with E-state index in [1.54, 1.807) is 18.2 Å². The number of rotatable bonds is 7. The molecule has 0 spiro atoms. The molecule has 3 N–H and O–H groups in total. The van der Waals surface area contributed by atoms with Gasteiger partial charge in [0.05, 0.1) is 5.69 Å². The van der Waals surface area contributed by atoms with Gasteiger partial charge in [0.1, 0.15) is 11.4 Å². The number of aliphatic hydroxyl groups excluding tert-OH is 1. The predicted octanol–water partition coefficient (Wildman–Crippen LogP) is 3.31. The quantitative estimate of drug-likeness (QED) is 0.639. The van der Waals surface area contributed by atoms with Crippen molar-refractivity contribution in [2.45, 2.75) is 20.0 Å². The molecular weight excluding hydrogens is 368 g/mol. The van der Waals surface area contributed by atoms with Gasteiger partial charge >= 0.3 is 0 Å². The molecule has 0 saturated heterocycles. The standard InChI is InChI=1S/C22H24N4O3/c1-5-26(4)14(3)21(27)20-12-19(25-29-20)16-11-15(10-9-13(16)2)17-7-6-8-18(24-17)22(23)28/h6-12,21,27H,3,5H2,1-2,4H3,(H2,23,28)/t21-/m0/s1. The van der Waals surface area contributed by atoms with Gasteiger partial charge in [0, 0.05) is 36.5 Å². The number of hydrogen-bond donors (Lipinski definition) is 2. The molecule has 150 valence electrons. The second kappa shape index (κ2) is 8.28. The number of hydrogen-bond acceptors (Lipinski definition) is 6. The first-order chi connectivity index (χ1) is 13.8. The number of carbonyl (C=O) groups is 1. The Morgan fingerprint density at radius 1 is 1.28 bits per heavy atom. The van der Waals surface area contributed by atoms with Gasteiger partial charge < -0.3 is 20.3 Å². The Morgan fingerprint density at radius 2 is 2.03 bits per heavy atom. The zero-order valence-corrected chi connectivity index (χ0v) is 16.7. The van der Waals surface area contributed by atoms with Crippen LogP contribution in [-0.2, 0) is 0 Å². The summed E-state index contributed by atoms with van der Waals surface area (Å²) in [5, 5.41) is 14.6. The summed E-state index contributed by atoms with van der Waals surface area (Å²) in [5.41, 5.74) is 9.93. The van der Waals surface area contributed by atoms with E-state index < -0.39 is 12.0 Å². The summed E-state index contributed by atoms with van der Waals surface area (Å²) < 4.78 is 5.38. The van der Waals surface area contributed by atoms with Crippen LogP contribution in [0.1, 0.15) is 34.8 Å². The van der Waals surface area contributed by atoms with Crippen molar-refractivity contribution in [3.8, 4) is 22.5 Å². The van der Waals surface area contributed by atoms with Crippen LogP contribution in [-0.4, -0.2) is 39.6 Å². The molecule has 7 nitrogen and oxygen atoms in total. The van der Waals surface area contributed by atoms with Crippen molar-refractivity contribution in [1.82, 2.24) is 15.0 Å². The third kappa shape index (κ3) is 4.20. The summed E-state index contributed by atoms with van der Waals surface area (Å²) in [6.07, 6.45) is -0.974. The molecule has 0 unspecified atom stereocenters. The van der Waals surface area contributed by atoms with Gasteiger partial charge in [-0.1, -0.05) is 29.9 Å². The van der Waals surface area contributed by atoms with Gasteiger partial charge in [-0.3, -0.25) is 4.79 Å². The Labute approximate surface area is 169 Å². The van der Waals surface area contributed by atoms with Crippen molar-refractivity contribution >= 4 is 5.91 Å². The normalized spacial score (nSPS) is 11.9. The number of benzene rings is 1. The van der Waals surface area contributed by atoms with Crippen LogP contribution in [0.2, 0.25) is 0 Å². The highest BCUT2D eigenvalue weighted by Gasteiger charge is 2.21. The lowest BCUT2D eigenvalue weighted by Crippen LogP contribution is -2.20. The van der Waals surface area contributed by atoms with Crippen LogP contribution >= 0.6 is 0 Å². The van der Waals surface area contributed by atoms with Gasteiger partial charge in [0.2, 0.25) is 0 Å². The molecule has 0 bridgehead atoms. The lowest BCUT2D eigenvalue weighted by atomic mass is 10.00. The van der Waals surface area contributed by atoms with E-state index in [-0.39, 0.29) is 5.69 Å². The van der Waals surface area contributed by atoms with E-state index in [0.29, 0.717) is 22.8 Å². The van der Waals surface area contributed by atoms with E-state index >= 15 is 0 Å². The topological polar surface area (TPSA) is 105 Å². The minimum absolute atomic E-state index is 0.204. The number of pyridine rings is 1. The fourth-order valence-electron chi connectivity index (χ4n) is 2.91. The summed E-state index contributed by atoms with van der Waals surface area (Å²) >= 11 is 0. The maximum absolute atomic E-state index is 11.4. The summed E-state index contributed by atoms with van der Waals surface area (Å²) in [5.74, 6) is -0.254. The first-order valence-corrected chi connectivity index (χ1v) is 9.24. The largest absolute Gasteiger partial charge is 0.379 e. The molecule has 0 saturated carbocycles. The van der Waals surface area contributed by atoms with Crippen molar-refractivity contribution in [1.29, 1.82) is 0 Å². The number of amides is 1. The molecule has 1 aromatic carbocycles. The number of likely N-dealkylation sites (N-methyl/N-ethyl adjacent to an activating group) is 1. The summed E-state index contributed by atoms with van der Waals surface area (Å²) in [6.45, 7) is 8.57. The van der Waals surface area contributed by atoms with Crippen molar-refractivity contribution in [3.63, 3.8) is 0 Å². The first-order valence-electron chi connectivity index (χ1n) is 9.24. The number of aliphatic hydroxyl groups is 1. The molecule has 3 rings (SSSR count). The van der Waals surface area contributed by atoms with Crippen molar-refractivity contribution in [2.24, 2.45) is 5.73 Å². The van der Waals surface area contributed by atoms with Crippen LogP contribution in [0.15, 0.2) is 59.3 Å². The minimum atomic E-state index is -0.974. The maximum atomic E-state index is 11.4. The van der Waals surface area contributed by atoms with Crippen LogP contribution in [0, 0.1) is 6.92 Å². The smallest absolute Gasteiger partial charge is 0.267 e. The van der Waals surface area contributed by atoms with Crippen molar-refractivity contribution in [3.05, 3.63) is 71.8 Å². The van der Waals surface area contributed by atoms with Gasteiger partial charge in [0.25, 0.3) is 5.91 Å². The van der Waals surface area contributed by atoms with E-state index in [4.69, 9.17) is 10.3 Å². The molecule has 2 aromatic heterocycles. The Kier molecular flexibility index (Phi) is 5.79. The molecule has 3 aromatic rings. The van der Waals surface area contributed by atoms with E-state index in [1.165, 1.54) is 0 Å².